The van der Waals surface area contributed by atoms with Crippen LogP contribution in [0.4, 0.5) is 0 Å². The third-order valence-electron chi connectivity index (χ3n) is 4.67. The van der Waals surface area contributed by atoms with Crippen LogP contribution >= 0.6 is 0 Å². The average Bonchev–Trinajstić information content (AvgIpc) is 3.12. The van der Waals surface area contributed by atoms with E-state index in [1.165, 1.54) is 5.56 Å². The van der Waals surface area contributed by atoms with E-state index in [-0.39, 0.29) is 5.70 Å². The lowest BCUT2D eigenvalue weighted by Gasteiger charge is -2.12. The molecule has 0 aliphatic carbocycles. The number of aliphatic imine (C=N–C) groups is 1. The second-order valence-electron chi connectivity index (χ2n) is 6.59. The molecule has 1 heterocycles. The van der Waals surface area contributed by atoms with Gasteiger partial charge in [0, 0.05) is 17.2 Å². The Kier molecular flexibility index (Phi) is 6.54. The number of carbonyl (C=O) groups is 1. The van der Waals surface area contributed by atoms with E-state index in [1.54, 1.807) is 39.5 Å². The summed E-state index contributed by atoms with van der Waals surface area (Å²) in [5.41, 5.74) is 2.85. The number of ether oxygens (including phenoxy) is 4. The minimum Gasteiger partial charge on any atom is -0.496 e. The minimum absolute atomic E-state index is 0.195. The number of methoxy groups -OCH3 is 3. The van der Waals surface area contributed by atoms with E-state index in [0.29, 0.717) is 28.7 Å². The molecule has 1 aliphatic heterocycles. The van der Waals surface area contributed by atoms with Crippen LogP contribution in [0, 0.1) is 0 Å². The topological polar surface area (TPSA) is 66.3 Å². The van der Waals surface area contributed by atoms with Crippen molar-refractivity contribution < 1.29 is 23.7 Å². The lowest BCUT2D eigenvalue weighted by atomic mass is 10.1. The van der Waals surface area contributed by atoms with Gasteiger partial charge in [-0.15, -0.1) is 0 Å². The third kappa shape index (κ3) is 4.59. The zero-order chi connectivity index (χ0) is 20.8. The lowest BCUT2D eigenvalue weighted by molar-refractivity contribution is -0.129. The molecule has 0 N–H and O–H groups in total. The fraction of sp³-hybridized carbons (Fsp3) is 0.304. The largest absolute Gasteiger partial charge is 0.496 e. The van der Waals surface area contributed by atoms with Gasteiger partial charge in [0.2, 0.25) is 5.90 Å². The van der Waals surface area contributed by atoms with Gasteiger partial charge in [0.1, 0.15) is 5.75 Å². The maximum absolute atomic E-state index is 12.3. The number of hydrogen-bond acceptors (Lipinski definition) is 6. The summed E-state index contributed by atoms with van der Waals surface area (Å²) < 4.78 is 21.4. The number of hydrogen-bond donors (Lipinski definition) is 0. The molecular formula is C23H25NO5. The standard InChI is InChI=1S/C23H25NO5/c1-5-6-7-15-8-10-16(11-9-15)22-24-18(23(25)29-22)12-17-13-20(27-3)21(28-4)14-19(17)26-2/h8-14H,5-7H2,1-4H3. The van der Waals surface area contributed by atoms with Crippen LogP contribution in [0.1, 0.15) is 36.5 Å². The molecule has 6 nitrogen and oxygen atoms in total. The van der Waals surface area contributed by atoms with Gasteiger partial charge in [-0.1, -0.05) is 25.5 Å². The van der Waals surface area contributed by atoms with Gasteiger partial charge in [-0.2, -0.15) is 0 Å². The molecule has 0 fully saturated rings. The van der Waals surface area contributed by atoms with E-state index >= 15 is 0 Å². The highest BCUT2D eigenvalue weighted by molar-refractivity contribution is 6.13. The molecule has 2 aromatic rings. The van der Waals surface area contributed by atoms with Crippen LogP contribution in [0.15, 0.2) is 47.1 Å². The molecule has 0 atom stereocenters. The van der Waals surface area contributed by atoms with Crippen LogP contribution in [-0.4, -0.2) is 33.2 Å². The molecule has 0 amide bonds. The Hall–Kier alpha value is -3.28. The molecule has 0 saturated heterocycles. The summed E-state index contributed by atoms with van der Waals surface area (Å²) in [5, 5.41) is 0. The van der Waals surface area contributed by atoms with Crippen molar-refractivity contribution in [3.8, 4) is 17.2 Å². The van der Waals surface area contributed by atoms with Gasteiger partial charge in [0.05, 0.1) is 21.3 Å². The number of nitrogens with zero attached hydrogens (tertiary/aromatic N) is 1. The van der Waals surface area contributed by atoms with Crippen molar-refractivity contribution in [3.05, 3.63) is 58.8 Å². The molecule has 3 rings (SSSR count). The van der Waals surface area contributed by atoms with E-state index in [1.807, 2.05) is 24.3 Å². The quantitative estimate of drug-likeness (QED) is 0.490. The summed E-state index contributed by atoms with van der Waals surface area (Å²) in [7, 11) is 4.64. The SMILES string of the molecule is CCCCc1ccc(C2=NC(=Cc3cc(OC)c(OC)cc3OC)C(=O)O2)cc1. The predicted octanol–water partition coefficient (Wildman–Crippen LogP) is 4.40. The third-order valence-corrected chi connectivity index (χ3v) is 4.67. The van der Waals surface area contributed by atoms with E-state index in [4.69, 9.17) is 18.9 Å². The van der Waals surface area contributed by atoms with Gasteiger partial charge in [-0.3, -0.25) is 0 Å². The first-order chi connectivity index (χ1) is 14.1. The van der Waals surface area contributed by atoms with E-state index < -0.39 is 5.97 Å². The Morgan fingerprint density at radius 3 is 2.24 bits per heavy atom. The molecule has 2 aromatic carbocycles. The molecule has 29 heavy (non-hydrogen) atoms. The number of cyclic esters (lactones) is 1. The number of benzene rings is 2. The second-order valence-corrected chi connectivity index (χ2v) is 6.59. The van der Waals surface area contributed by atoms with Crippen molar-refractivity contribution in [1.82, 2.24) is 0 Å². The Bertz CT molecular complexity index is 944. The van der Waals surface area contributed by atoms with E-state index in [0.717, 1.165) is 24.8 Å². The first kappa shape index (κ1) is 20.5. The summed E-state index contributed by atoms with van der Waals surface area (Å²) in [4.78, 5) is 16.7. The van der Waals surface area contributed by atoms with Crippen LogP contribution in [-0.2, 0) is 16.0 Å². The Labute approximate surface area is 170 Å². The number of rotatable bonds is 8. The Balaban J connectivity index is 1.90. The van der Waals surface area contributed by atoms with Gasteiger partial charge in [-0.05, 0) is 42.7 Å². The number of esters is 1. The lowest BCUT2D eigenvalue weighted by Crippen LogP contribution is -2.05. The van der Waals surface area contributed by atoms with Crippen LogP contribution in [0.25, 0.3) is 6.08 Å². The Morgan fingerprint density at radius 1 is 0.966 bits per heavy atom. The van der Waals surface area contributed by atoms with Crippen molar-refractivity contribution in [3.63, 3.8) is 0 Å². The highest BCUT2D eigenvalue weighted by Gasteiger charge is 2.25. The minimum atomic E-state index is -0.508. The van der Waals surface area contributed by atoms with Crippen molar-refractivity contribution >= 4 is 17.9 Å². The maximum atomic E-state index is 12.3. The van der Waals surface area contributed by atoms with Crippen molar-refractivity contribution in [2.24, 2.45) is 4.99 Å². The first-order valence-corrected chi connectivity index (χ1v) is 9.51. The summed E-state index contributed by atoms with van der Waals surface area (Å²) in [6.45, 7) is 2.17. The molecule has 0 bridgehead atoms. The van der Waals surface area contributed by atoms with Crippen LogP contribution in [0.5, 0.6) is 17.2 Å². The molecule has 0 radical (unpaired) electrons. The summed E-state index contributed by atoms with van der Waals surface area (Å²) >= 11 is 0. The summed E-state index contributed by atoms with van der Waals surface area (Å²) in [6.07, 6.45) is 4.95. The van der Waals surface area contributed by atoms with E-state index in [2.05, 4.69) is 11.9 Å². The summed E-state index contributed by atoms with van der Waals surface area (Å²) in [5.74, 6) is 1.38. The number of aryl methyl sites for hydroxylation is 1. The zero-order valence-corrected chi connectivity index (χ0v) is 17.2. The fourth-order valence-electron chi connectivity index (χ4n) is 3.04. The highest BCUT2D eigenvalue weighted by Crippen LogP contribution is 2.36. The summed E-state index contributed by atoms with van der Waals surface area (Å²) in [6, 6.07) is 11.4. The van der Waals surface area contributed by atoms with Crippen molar-refractivity contribution in [2.75, 3.05) is 21.3 Å². The van der Waals surface area contributed by atoms with Crippen LogP contribution < -0.4 is 14.2 Å². The Morgan fingerprint density at radius 2 is 1.62 bits per heavy atom. The number of unbranched alkanes of at least 4 members (excludes halogenated alkanes) is 1. The highest BCUT2D eigenvalue weighted by atomic mass is 16.6. The molecule has 0 saturated carbocycles. The molecule has 152 valence electrons. The first-order valence-electron chi connectivity index (χ1n) is 9.51. The maximum Gasteiger partial charge on any atom is 0.363 e. The van der Waals surface area contributed by atoms with Gasteiger partial charge in [0.25, 0.3) is 0 Å². The van der Waals surface area contributed by atoms with Crippen LogP contribution in [0.3, 0.4) is 0 Å². The van der Waals surface area contributed by atoms with Gasteiger partial charge in [-0.25, -0.2) is 9.79 Å². The zero-order valence-electron chi connectivity index (χ0n) is 17.2. The predicted molar refractivity (Wildman–Crippen MR) is 112 cm³/mol. The smallest absolute Gasteiger partial charge is 0.363 e. The monoisotopic (exact) mass is 395 g/mol. The van der Waals surface area contributed by atoms with Gasteiger partial charge < -0.3 is 18.9 Å². The molecule has 0 aromatic heterocycles. The molecule has 6 heteroatoms. The van der Waals surface area contributed by atoms with Crippen LogP contribution in [0.2, 0.25) is 0 Å². The van der Waals surface area contributed by atoms with Crippen molar-refractivity contribution in [2.45, 2.75) is 26.2 Å². The van der Waals surface area contributed by atoms with Gasteiger partial charge >= 0.3 is 5.97 Å². The van der Waals surface area contributed by atoms with Gasteiger partial charge in [0.15, 0.2) is 17.2 Å². The fourth-order valence-corrected chi connectivity index (χ4v) is 3.04. The number of carbonyl (C=O) groups excluding carboxylic acids is 1. The normalized spacial score (nSPS) is 14.6. The van der Waals surface area contributed by atoms with Crippen molar-refractivity contribution in [1.29, 1.82) is 0 Å². The molecule has 1 aliphatic rings. The molecule has 0 unspecified atom stereocenters. The molecule has 0 spiro atoms. The second kappa shape index (κ2) is 9.28. The van der Waals surface area contributed by atoms with E-state index in [9.17, 15) is 4.79 Å². The molecular weight excluding hydrogens is 370 g/mol. The average molecular weight is 395 g/mol.